The predicted molar refractivity (Wildman–Crippen MR) is 110 cm³/mol. The van der Waals surface area contributed by atoms with Crippen LogP contribution in [0.3, 0.4) is 0 Å². The van der Waals surface area contributed by atoms with Gasteiger partial charge in [-0.15, -0.1) is 0 Å². The molecule has 0 spiro atoms. The molecule has 0 atom stereocenters. The second-order valence-electron chi connectivity index (χ2n) is 7.54. The third-order valence-corrected chi connectivity index (χ3v) is 7.63. The highest BCUT2D eigenvalue weighted by Crippen LogP contribution is 2.28. The molecule has 0 unspecified atom stereocenters. The highest BCUT2D eigenvalue weighted by Gasteiger charge is 2.29. The monoisotopic (exact) mass is 436 g/mol. The maximum absolute atomic E-state index is 13.7. The topological polar surface area (TPSA) is 78.7 Å². The Morgan fingerprint density at radius 1 is 1.03 bits per heavy atom. The lowest BCUT2D eigenvalue weighted by Crippen LogP contribution is -2.50. The zero-order valence-electron chi connectivity index (χ0n) is 16.6. The van der Waals surface area contributed by atoms with E-state index in [2.05, 4.69) is 10.00 Å². The van der Waals surface area contributed by atoms with Gasteiger partial charge in [0.15, 0.2) is 17.4 Å². The molecule has 0 saturated carbocycles. The number of sulfonamides is 1. The fourth-order valence-electron chi connectivity index (χ4n) is 3.60. The summed E-state index contributed by atoms with van der Waals surface area (Å²) in [6.45, 7) is 5.35. The highest BCUT2D eigenvalue weighted by molar-refractivity contribution is 7.89. The van der Waals surface area contributed by atoms with Crippen LogP contribution in [0.25, 0.3) is 16.6 Å². The first-order valence-electron chi connectivity index (χ1n) is 9.58. The molecule has 0 bridgehead atoms. The summed E-state index contributed by atoms with van der Waals surface area (Å²) in [5.41, 5.74) is 1.81. The molecule has 0 radical (unpaired) electrons. The maximum Gasteiger partial charge on any atom is 0.216 e. The summed E-state index contributed by atoms with van der Waals surface area (Å²) in [5, 5.41) is 14.2. The van der Waals surface area contributed by atoms with Crippen molar-refractivity contribution in [2.24, 2.45) is 0 Å². The van der Waals surface area contributed by atoms with Crippen LogP contribution in [0.15, 0.2) is 36.5 Å². The number of phenolic OH excluding ortho intramolecular Hbond substituents is 1. The molecule has 1 saturated heterocycles. The van der Waals surface area contributed by atoms with Crippen molar-refractivity contribution < 1.29 is 22.3 Å². The van der Waals surface area contributed by atoms with Gasteiger partial charge in [0.05, 0.1) is 22.7 Å². The van der Waals surface area contributed by atoms with Crippen LogP contribution in [0.1, 0.15) is 13.8 Å². The first-order chi connectivity index (χ1) is 14.2. The molecular weight excluding hydrogens is 414 g/mol. The minimum absolute atomic E-state index is 0.210. The summed E-state index contributed by atoms with van der Waals surface area (Å²) >= 11 is 0. The summed E-state index contributed by atoms with van der Waals surface area (Å²) < 4.78 is 54.7. The van der Waals surface area contributed by atoms with Crippen LogP contribution in [-0.2, 0) is 10.0 Å². The number of hydrogen-bond acceptors (Lipinski definition) is 5. The third-order valence-electron chi connectivity index (χ3n) is 5.35. The lowest BCUT2D eigenvalue weighted by Gasteiger charge is -2.36. The molecule has 0 amide bonds. The zero-order valence-corrected chi connectivity index (χ0v) is 17.4. The zero-order chi connectivity index (χ0) is 21.6. The van der Waals surface area contributed by atoms with Crippen LogP contribution in [0.4, 0.5) is 14.5 Å². The van der Waals surface area contributed by atoms with Gasteiger partial charge in [-0.05, 0) is 32.0 Å². The molecule has 1 aliphatic rings. The Morgan fingerprint density at radius 2 is 1.73 bits per heavy atom. The van der Waals surface area contributed by atoms with Crippen molar-refractivity contribution in [1.29, 1.82) is 0 Å². The molecule has 160 valence electrons. The number of phenols is 1. The Morgan fingerprint density at radius 3 is 2.37 bits per heavy atom. The number of nitrogens with zero attached hydrogens (tertiary/aromatic N) is 4. The van der Waals surface area contributed by atoms with E-state index in [-0.39, 0.29) is 5.69 Å². The van der Waals surface area contributed by atoms with E-state index in [0.717, 1.165) is 23.2 Å². The van der Waals surface area contributed by atoms with E-state index in [1.807, 2.05) is 18.2 Å². The standard InChI is InChI=1S/C20H22F2N4O3S/c1-13(2)30(28,29)25-7-5-24(6-8-25)15-3-4-18-14(9-15)12-23-26(18)16-10-17(21)20(22)19(27)11-16/h3-4,9-13,27H,5-8H2,1-2H3. The van der Waals surface area contributed by atoms with Crippen molar-refractivity contribution in [1.82, 2.24) is 14.1 Å². The molecule has 1 aliphatic heterocycles. The molecule has 30 heavy (non-hydrogen) atoms. The van der Waals surface area contributed by atoms with Gasteiger partial charge in [-0.25, -0.2) is 17.5 Å². The lowest BCUT2D eigenvalue weighted by atomic mass is 10.2. The van der Waals surface area contributed by atoms with Gasteiger partial charge in [-0.2, -0.15) is 13.8 Å². The number of aromatic hydroxyl groups is 1. The van der Waals surface area contributed by atoms with Crippen molar-refractivity contribution in [3.8, 4) is 11.4 Å². The third kappa shape index (κ3) is 3.50. The fraction of sp³-hybridized carbons (Fsp3) is 0.350. The number of halogens is 2. The van der Waals surface area contributed by atoms with Crippen molar-refractivity contribution in [2.75, 3.05) is 31.1 Å². The second-order valence-corrected chi connectivity index (χ2v) is 10.0. The van der Waals surface area contributed by atoms with E-state index in [1.54, 1.807) is 20.0 Å². The Kier molecular flexibility index (Phi) is 5.15. The summed E-state index contributed by atoms with van der Waals surface area (Å²) in [6.07, 6.45) is 1.61. The minimum atomic E-state index is -3.26. The molecule has 10 heteroatoms. The molecule has 7 nitrogen and oxygen atoms in total. The van der Waals surface area contributed by atoms with E-state index < -0.39 is 32.7 Å². The highest BCUT2D eigenvalue weighted by atomic mass is 32.2. The van der Waals surface area contributed by atoms with Gasteiger partial charge < -0.3 is 10.0 Å². The van der Waals surface area contributed by atoms with Gasteiger partial charge in [0.2, 0.25) is 10.0 Å². The van der Waals surface area contributed by atoms with E-state index in [4.69, 9.17) is 0 Å². The van der Waals surface area contributed by atoms with Crippen LogP contribution in [0.5, 0.6) is 5.75 Å². The molecule has 1 fully saturated rings. The van der Waals surface area contributed by atoms with E-state index >= 15 is 0 Å². The predicted octanol–water partition coefficient (Wildman–Crippen LogP) is 2.87. The van der Waals surface area contributed by atoms with Gasteiger partial charge >= 0.3 is 0 Å². The summed E-state index contributed by atoms with van der Waals surface area (Å²) in [5.74, 6) is -3.23. The average Bonchev–Trinajstić information content (AvgIpc) is 3.15. The number of fused-ring (bicyclic) bond motifs is 1. The van der Waals surface area contributed by atoms with Gasteiger partial charge in [0, 0.05) is 49.4 Å². The van der Waals surface area contributed by atoms with E-state index in [0.29, 0.717) is 31.7 Å². The van der Waals surface area contributed by atoms with Gasteiger partial charge in [0.25, 0.3) is 0 Å². The largest absolute Gasteiger partial charge is 0.505 e. The van der Waals surface area contributed by atoms with E-state index in [1.165, 1.54) is 8.99 Å². The molecule has 1 N–H and O–H groups in total. The summed E-state index contributed by atoms with van der Waals surface area (Å²) in [6, 6.07) is 7.71. The quantitative estimate of drug-likeness (QED) is 0.681. The van der Waals surface area contributed by atoms with Gasteiger partial charge in [-0.1, -0.05) is 0 Å². The number of anilines is 1. The first kappa shape index (κ1) is 20.5. The molecule has 0 aliphatic carbocycles. The van der Waals surface area contributed by atoms with Crippen molar-refractivity contribution >= 4 is 26.6 Å². The summed E-state index contributed by atoms with van der Waals surface area (Å²) in [4.78, 5) is 2.10. The number of piperazine rings is 1. The van der Waals surface area contributed by atoms with Crippen molar-refractivity contribution in [3.63, 3.8) is 0 Å². The number of benzene rings is 2. The molecule has 3 aromatic rings. The smallest absolute Gasteiger partial charge is 0.216 e. The number of aromatic nitrogens is 2. The van der Waals surface area contributed by atoms with Gasteiger partial charge in [-0.3, -0.25) is 0 Å². The Hall–Kier alpha value is -2.72. The first-order valence-corrected chi connectivity index (χ1v) is 11.1. The number of hydrogen-bond donors (Lipinski definition) is 1. The minimum Gasteiger partial charge on any atom is -0.505 e. The molecule has 1 aromatic heterocycles. The van der Waals surface area contributed by atoms with Crippen LogP contribution < -0.4 is 4.90 Å². The van der Waals surface area contributed by atoms with Crippen molar-refractivity contribution in [2.45, 2.75) is 19.1 Å². The Labute approximate surface area is 173 Å². The van der Waals surface area contributed by atoms with Crippen LogP contribution in [0, 0.1) is 11.6 Å². The maximum atomic E-state index is 13.7. The van der Waals surface area contributed by atoms with Crippen LogP contribution in [0.2, 0.25) is 0 Å². The van der Waals surface area contributed by atoms with E-state index in [9.17, 15) is 22.3 Å². The number of rotatable bonds is 4. The normalized spacial score (nSPS) is 16.0. The van der Waals surface area contributed by atoms with Gasteiger partial charge in [0.1, 0.15) is 0 Å². The SMILES string of the molecule is CC(C)S(=O)(=O)N1CCN(c2ccc3c(cnn3-c3cc(O)c(F)c(F)c3)c2)CC1. The summed E-state index contributed by atoms with van der Waals surface area (Å²) in [7, 11) is -3.26. The van der Waals surface area contributed by atoms with Crippen molar-refractivity contribution in [3.05, 3.63) is 48.2 Å². The molecule has 2 aromatic carbocycles. The fourth-order valence-corrected chi connectivity index (χ4v) is 4.87. The van der Waals surface area contributed by atoms with Crippen LogP contribution >= 0.6 is 0 Å². The molecule has 2 heterocycles. The average molecular weight is 436 g/mol. The Balaban J connectivity index is 1.58. The Bertz CT molecular complexity index is 1180. The molecular formula is C20H22F2N4O3S. The second kappa shape index (κ2) is 7.51. The lowest BCUT2D eigenvalue weighted by molar-refractivity contribution is 0.381. The van der Waals surface area contributed by atoms with Crippen LogP contribution in [-0.4, -0.2) is 59.0 Å². The molecule has 4 rings (SSSR count).